The number of amidine groups is 1. The molecule has 0 fully saturated rings. The van der Waals surface area contributed by atoms with Gasteiger partial charge in [0.2, 0.25) is 0 Å². The van der Waals surface area contributed by atoms with Crippen LogP contribution >= 0.6 is 0 Å². The summed E-state index contributed by atoms with van der Waals surface area (Å²) in [5.41, 5.74) is 11.5. The third-order valence-corrected chi connectivity index (χ3v) is 4.91. The van der Waals surface area contributed by atoms with Crippen LogP contribution < -0.4 is 11.1 Å². The first kappa shape index (κ1) is 20.0. The molecule has 0 spiro atoms. The van der Waals surface area contributed by atoms with Gasteiger partial charge in [0.05, 0.1) is 5.69 Å². The number of aryl methyl sites for hydroxylation is 1. The summed E-state index contributed by atoms with van der Waals surface area (Å²) in [6.45, 7) is 5.96. The Morgan fingerprint density at radius 3 is 2.89 bits per heavy atom. The molecule has 2 heterocycles. The summed E-state index contributed by atoms with van der Waals surface area (Å²) >= 11 is 0. The van der Waals surface area contributed by atoms with E-state index in [1.807, 2.05) is 60.5 Å². The van der Waals surface area contributed by atoms with Gasteiger partial charge >= 0.3 is 0 Å². The van der Waals surface area contributed by atoms with E-state index in [0.717, 1.165) is 54.1 Å². The van der Waals surface area contributed by atoms with Crippen LogP contribution in [0, 0.1) is 6.92 Å². The van der Waals surface area contributed by atoms with Gasteiger partial charge in [0.25, 0.3) is 0 Å². The third-order valence-electron chi connectivity index (χ3n) is 4.91. The molecule has 0 radical (unpaired) electrons. The van der Waals surface area contributed by atoms with Gasteiger partial charge in [-0.2, -0.15) is 0 Å². The topological polar surface area (TPSA) is 86.8 Å². The number of hydrogen-bond donors (Lipinski definition) is 3. The Kier molecular flexibility index (Phi) is 6.79. The van der Waals surface area contributed by atoms with Crippen molar-refractivity contribution in [3.8, 4) is 0 Å². The lowest BCUT2D eigenvalue weighted by Gasteiger charge is -2.33. The lowest BCUT2D eigenvalue weighted by Crippen LogP contribution is -2.43. The number of aromatic nitrogens is 1. The molecule has 6 nitrogen and oxygen atoms in total. The number of aliphatic hydroxyl groups is 1. The van der Waals surface area contributed by atoms with Gasteiger partial charge in [-0.15, -0.1) is 0 Å². The lowest BCUT2D eigenvalue weighted by atomic mass is 10.0. The van der Waals surface area contributed by atoms with Crippen molar-refractivity contribution in [1.29, 1.82) is 0 Å². The SMILES string of the molecule is Cc1cccc(N=C(N)C2=C(NCCc3ccccn3)CCN(C(C)O)C2)c1. The average molecular weight is 380 g/mol. The lowest BCUT2D eigenvalue weighted by molar-refractivity contribution is 0.0231. The molecule has 0 saturated heterocycles. The minimum absolute atomic E-state index is 0.497. The van der Waals surface area contributed by atoms with Gasteiger partial charge in [0, 0.05) is 55.6 Å². The Bertz CT molecular complexity index is 845. The van der Waals surface area contributed by atoms with Crippen molar-refractivity contribution >= 4 is 11.5 Å². The molecule has 0 bridgehead atoms. The molecule has 1 atom stereocenters. The first-order valence-electron chi connectivity index (χ1n) is 9.72. The average Bonchev–Trinajstić information content (AvgIpc) is 2.69. The van der Waals surface area contributed by atoms with E-state index in [2.05, 4.69) is 15.3 Å². The maximum atomic E-state index is 10.0. The molecule has 148 valence electrons. The predicted octanol–water partition coefficient (Wildman–Crippen LogP) is 2.51. The number of nitrogens with one attached hydrogen (secondary N) is 1. The van der Waals surface area contributed by atoms with Gasteiger partial charge in [0.15, 0.2) is 0 Å². The summed E-state index contributed by atoms with van der Waals surface area (Å²) in [7, 11) is 0. The maximum Gasteiger partial charge on any atom is 0.130 e. The largest absolute Gasteiger partial charge is 0.388 e. The summed E-state index contributed by atoms with van der Waals surface area (Å²) in [4.78, 5) is 11.0. The highest BCUT2D eigenvalue weighted by Gasteiger charge is 2.23. The molecule has 28 heavy (non-hydrogen) atoms. The molecular formula is C22H29N5O. The minimum Gasteiger partial charge on any atom is -0.388 e. The number of aliphatic hydroxyl groups excluding tert-OH is 1. The fourth-order valence-electron chi connectivity index (χ4n) is 3.33. The number of pyridine rings is 1. The number of benzene rings is 1. The van der Waals surface area contributed by atoms with Crippen molar-refractivity contribution in [2.45, 2.75) is 32.9 Å². The van der Waals surface area contributed by atoms with Crippen molar-refractivity contribution in [3.05, 3.63) is 71.2 Å². The van der Waals surface area contributed by atoms with Crippen LogP contribution in [0.5, 0.6) is 0 Å². The zero-order valence-corrected chi connectivity index (χ0v) is 16.6. The Morgan fingerprint density at radius 2 is 2.18 bits per heavy atom. The molecule has 3 rings (SSSR count). The summed E-state index contributed by atoms with van der Waals surface area (Å²) in [5, 5.41) is 13.5. The first-order valence-corrected chi connectivity index (χ1v) is 9.72. The molecule has 0 amide bonds. The number of hydrogen-bond acceptors (Lipinski definition) is 5. The number of aliphatic imine (C=N–C) groups is 1. The number of rotatable bonds is 7. The highest BCUT2D eigenvalue weighted by Crippen LogP contribution is 2.20. The molecule has 1 aliphatic heterocycles. The second kappa shape index (κ2) is 9.48. The second-order valence-corrected chi connectivity index (χ2v) is 7.14. The van der Waals surface area contributed by atoms with Crippen molar-refractivity contribution in [3.63, 3.8) is 0 Å². The Hall–Kier alpha value is -2.70. The van der Waals surface area contributed by atoms with E-state index in [9.17, 15) is 5.11 Å². The van der Waals surface area contributed by atoms with Crippen LogP contribution in [-0.4, -0.2) is 46.7 Å². The zero-order chi connectivity index (χ0) is 19.9. The molecule has 6 heteroatoms. The molecule has 0 saturated carbocycles. The van der Waals surface area contributed by atoms with E-state index in [0.29, 0.717) is 12.4 Å². The van der Waals surface area contributed by atoms with Crippen LogP contribution in [0.3, 0.4) is 0 Å². The van der Waals surface area contributed by atoms with Crippen molar-refractivity contribution in [1.82, 2.24) is 15.2 Å². The number of nitrogens with two attached hydrogens (primary N) is 1. The normalized spacial score (nSPS) is 16.9. The predicted molar refractivity (Wildman–Crippen MR) is 113 cm³/mol. The standard InChI is InChI=1S/C22H29N5O/c1-16-6-5-8-19(14-16)26-22(23)20-15-27(17(2)28)13-10-21(20)25-12-9-18-7-3-4-11-24-18/h3-8,11,14,17,25,28H,9-10,12-13,15H2,1-2H3,(H2,23,26). The van der Waals surface area contributed by atoms with E-state index in [1.165, 1.54) is 0 Å². The highest BCUT2D eigenvalue weighted by molar-refractivity contribution is 5.99. The summed E-state index contributed by atoms with van der Waals surface area (Å²) in [6, 6.07) is 13.9. The van der Waals surface area contributed by atoms with Gasteiger partial charge in [-0.05, 0) is 43.7 Å². The molecular weight excluding hydrogens is 350 g/mol. The quantitative estimate of drug-likeness (QED) is 0.508. The molecule has 0 aliphatic carbocycles. The molecule has 1 aliphatic rings. The fraction of sp³-hybridized carbons (Fsp3) is 0.364. The summed E-state index contributed by atoms with van der Waals surface area (Å²) in [6.07, 6.45) is 2.93. The Balaban J connectivity index is 1.79. The van der Waals surface area contributed by atoms with Crippen LogP contribution in [-0.2, 0) is 6.42 Å². The van der Waals surface area contributed by atoms with Crippen LogP contribution in [0.4, 0.5) is 5.69 Å². The van der Waals surface area contributed by atoms with Gasteiger partial charge in [-0.1, -0.05) is 18.2 Å². The van der Waals surface area contributed by atoms with Crippen LogP contribution in [0.2, 0.25) is 0 Å². The van der Waals surface area contributed by atoms with Crippen molar-refractivity contribution in [2.75, 3.05) is 19.6 Å². The maximum absolute atomic E-state index is 10.0. The Labute approximate surface area is 166 Å². The first-order chi connectivity index (χ1) is 13.5. The summed E-state index contributed by atoms with van der Waals surface area (Å²) in [5.74, 6) is 0.497. The smallest absolute Gasteiger partial charge is 0.130 e. The monoisotopic (exact) mass is 379 g/mol. The van der Waals surface area contributed by atoms with Crippen molar-refractivity contribution < 1.29 is 5.11 Å². The van der Waals surface area contributed by atoms with Gasteiger partial charge < -0.3 is 16.2 Å². The number of nitrogens with zero attached hydrogens (tertiary/aromatic N) is 3. The van der Waals surface area contributed by atoms with E-state index in [-0.39, 0.29) is 0 Å². The minimum atomic E-state index is -0.517. The zero-order valence-electron chi connectivity index (χ0n) is 16.6. The van der Waals surface area contributed by atoms with Crippen LogP contribution in [0.15, 0.2) is 64.9 Å². The van der Waals surface area contributed by atoms with Gasteiger partial charge in [-0.3, -0.25) is 9.88 Å². The Morgan fingerprint density at radius 1 is 1.32 bits per heavy atom. The van der Waals surface area contributed by atoms with E-state index < -0.39 is 6.23 Å². The molecule has 2 aromatic rings. The second-order valence-electron chi connectivity index (χ2n) is 7.14. The highest BCUT2D eigenvalue weighted by atomic mass is 16.3. The van der Waals surface area contributed by atoms with Crippen LogP contribution in [0.25, 0.3) is 0 Å². The van der Waals surface area contributed by atoms with E-state index >= 15 is 0 Å². The molecule has 1 aromatic carbocycles. The van der Waals surface area contributed by atoms with E-state index in [4.69, 9.17) is 5.73 Å². The van der Waals surface area contributed by atoms with Crippen molar-refractivity contribution in [2.24, 2.45) is 10.7 Å². The van der Waals surface area contributed by atoms with Gasteiger partial charge in [-0.25, -0.2) is 4.99 Å². The van der Waals surface area contributed by atoms with Crippen LogP contribution in [0.1, 0.15) is 24.6 Å². The van der Waals surface area contributed by atoms with E-state index in [1.54, 1.807) is 6.92 Å². The molecule has 1 unspecified atom stereocenters. The third kappa shape index (κ3) is 5.41. The molecule has 1 aromatic heterocycles. The molecule has 4 N–H and O–H groups in total. The summed E-state index contributed by atoms with van der Waals surface area (Å²) < 4.78 is 0. The van der Waals surface area contributed by atoms with Gasteiger partial charge in [0.1, 0.15) is 12.1 Å². The fourth-order valence-corrected chi connectivity index (χ4v) is 3.33.